The molecule has 5 nitrogen and oxygen atoms in total. The Morgan fingerprint density at radius 2 is 2.09 bits per heavy atom. The van der Waals surface area contributed by atoms with Gasteiger partial charge in [0.05, 0.1) is 25.6 Å². The van der Waals surface area contributed by atoms with Crippen LogP contribution in [0.15, 0.2) is 45.6 Å². The molecule has 3 rings (SSSR count). The van der Waals surface area contributed by atoms with Crippen LogP contribution in [0.4, 0.5) is 0 Å². The Labute approximate surface area is 138 Å². The number of likely N-dealkylation sites (tertiary alicyclic amines) is 1. The number of aryl methyl sites for hydroxylation is 1. The van der Waals surface area contributed by atoms with Gasteiger partial charge in [-0.3, -0.25) is 4.79 Å². The van der Waals surface area contributed by atoms with Crippen LogP contribution in [0.1, 0.15) is 11.3 Å². The van der Waals surface area contributed by atoms with Crippen LogP contribution in [0.25, 0.3) is 0 Å². The smallest absolute Gasteiger partial charge is 0.339 e. The zero-order valence-corrected chi connectivity index (χ0v) is 13.4. The molecule has 2 aromatic rings. The van der Waals surface area contributed by atoms with E-state index < -0.39 is 5.63 Å². The van der Waals surface area contributed by atoms with Crippen LogP contribution >= 0.6 is 11.6 Å². The highest BCUT2D eigenvalue weighted by Crippen LogP contribution is 2.21. The van der Waals surface area contributed by atoms with Crippen molar-refractivity contribution < 1.29 is 13.9 Å². The topological polar surface area (TPSA) is 59.8 Å². The Morgan fingerprint density at radius 1 is 1.35 bits per heavy atom. The molecule has 120 valence electrons. The maximum Gasteiger partial charge on any atom is 0.339 e. The molecule has 1 aliphatic rings. The lowest BCUT2D eigenvalue weighted by molar-refractivity contribution is -0.139. The summed E-state index contributed by atoms with van der Waals surface area (Å²) < 4.78 is 10.6. The van der Waals surface area contributed by atoms with Crippen LogP contribution in [0, 0.1) is 6.92 Å². The Balaban J connectivity index is 1.53. The number of nitrogens with zero attached hydrogens (tertiary/aromatic N) is 1. The molecule has 0 radical (unpaired) electrons. The third kappa shape index (κ3) is 3.74. The summed E-state index contributed by atoms with van der Waals surface area (Å²) in [7, 11) is 0. The van der Waals surface area contributed by atoms with Crippen molar-refractivity contribution in [2.75, 3.05) is 13.1 Å². The predicted octanol–water partition coefficient (Wildman–Crippen LogP) is 2.43. The van der Waals surface area contributed by atoms with Crippen LogP contribution in [-0.2, 0) is 11.2 Å². The van der Waals surface area contributed by atoms with Crippen molar-refractivity contribution in [2.24, 2.45) is 0 Å². The molecule has 2 heterocycles. The van der Waals surface area contributed by atoms with Crippen molar-refractivity contribution in [2.45, 2.75) is 19.4 Å². The molecule has 6 heteroatoms. The van der Waals surface area contributed by atoms with E-state index in [1.165, 1.54) is 6.07 Å². The summed E-state index contributed by atoms with van der Waals surface area (Å²) in [6.07, 6.45) is 0.173. The molecule has 1 amide bonds. The third-order valence-corrected chi connectivity index (χ3v) is 4.04. The van der Waals surface area contributed by atoms with Gasteiger partial charge in [0.25, 0.3) is 0 Å². The number of carbonyl (C=O) groups excluding carboxylic acids is 1. The first-order chi connectivity index (χ1) is 11.0. The van der Waals surface area contributed by atoms with Gasteiger partial charge in [0.1, 0.15) is 17.6 Å². The molecule has 0 saturated carbocycles. The highest BCUT2D eigenvalue weighted by Gasteiger charge is 2.32. The first-order valence-electron chi connectivity index (χ1n) is 7.31. The SMILES string of the molecule is Cc1cc(OC2CN(C(=O)Cc3ccccc3Cl)C2)cc(=O)o1. The summed E-state index contributed by atoms with van der Waals surface area (Å²) in [4.78, 5) is 25.2. The molecule has 0 aliphatic carbocycles. The van der Waals surface area contributed by atoms with Crippen LogP contribution < -0.4 is 10.4 Å². The van der Waals surface area contributed by atoms with Gasteiger partial charge in [0.2, 0.25) is 5.91 Å². The number of hydrogen-bond donors (Lipinski definition) is 0. The van der Waals surface area contributed by atoms with Crippen molar-refractivity contribution in [3.8, 4) is 5.75 Å². The first-order valence-corrected chi connectivity index (χ1v) is 7.68. The first kappa shape index (κ1) is 15.6. The number of ether oxygens (including phenoxy) is 1. The van der Waals surface area contributed by atoms with Gasteiger partial charge in [0, 0.05) is 11.1 Å². The van der Waals surface area contributed by atoms with Crippen LogP contribution in [0.5, 0.6) is 5.75 Å². The Bertz CT molecular complexity index is 780. The largest absolute Gasteiger partial charge is 0.486 e. The van der Waals surface area contributed by atoms with Gasteiger partial charge < -0.3 is 14.1 Å². The van der Waals surface area contributed by atoms with Crippen molar-refractivity contribution in [3.63, 3.8) is 0 Å². The number of benzene rings is 1. The van der Waals surface area contributed by atoms with Crippen molar-refractivity contribution >= 4 is 17.5 Å². The predicted molar refractivity (Wildman–Crippen MR) is 85.9 cm³/mol. The Kier molecular flexibility index (Phi) is 4.39. The molecule has 0 unspecified atom stereocenters. The summed E-state index contributed by atoms with van der Waals surface area (Å²) in [5.74, 6) is 0.988. The van der Waals surface area contributed by atoms with Crippen LogP contribution in [-0.4, -0.2) is 30.0 Å². The van der Waals surface area contributed by atoms with Gasteiger partial charge in [-0.25, -0.2) is 4.79 Å². The second-order valence-electron chi connectivity index (χ2n) is 5.53. The molecule has 23 heavy (non-hydrogen) atoms. The lowest BCUT2D eigenvalue weighted by atomic mass is 10.1. The van der Waals surface area contributed by atoms with Gasteiger partial charge in [-0.15, -0.1) is 0 Å². The number of halogens is 1. The molecular weight excluding hydrogens is 318 g/mol. The number of carbonyl (C=O) groups is 1. The minimum Gasteiger partial charge on any atom is -0.486 e. The molecule has 1 fully saturated rings. The van der Waals surface area contributed by atoms with E-state index in [-0.39, 0.29) is 18.4 Å². The number of rotatable bonds is 4. The third-order valence-electron chi connectivity index (χ3n) is 3.67. The summed E-state index contributed by atoms with van der Waals surface area (Å²) in [5, 5.41) is 0.598. The van der Waals surface area contributed by atoms with Gasteiger partial charge in [0.15, 0.2) is 0 Å². The average Bonchev–Trinajstić information content (AvgIpc) is 2.43. The maximum absolute atomic E-state index is 12.2. The lowest BCUT2D eigenvalue weighted by Crippen LogP contribution is -2.56. The quantitative estimate of drug-likeness (QED) is 0.862. The highest BCUT2D eigenvalue weighted by molar-refractivity contribution is 6.31. The molecule has 0 N–H and O–H groups in total. The molecular formula is C17H16ClNO4. The van der Waals surface area contributed by atoms with Crippen molar-refractivity contribution in [1.29, 1.82) is 0 Å². The summed E-state index contributed by atoms with van der Waals surface area (Å²) in [6.45, 7) is 2.69. The van der Waals surface area contributed by atoms with Crippen LogP contribution in [0.2, 0.25) is 5.02 Å². The zero-order chi connectivity index (χ0) is 16.4. The van der Waals surface area contributed by atoms with Crippen molar-refractivity contribution in [1.82, 2.24) is 4.90 Å². The van der Waals surface area contributed by atoms with E-state index in [1.54, 1.807) is 24.0 Å². The second kappa shape index (κ2) is 6.46. The molecule has 1 aromatic heterocycles. The fourth-order valence-electron chi connectivity index (χ4n) is 2.47. The Hall–Kier alpha value is -2.27. The van der Waals surface area contributed by atoms with E-state index >= 15 is 0 Å². The maximum atomic E-state index is 12.2. The molecule has 0 atom stereocenters. The van der Waals surface area contributed by atoms with Gasteiger partial charge in [-0.2, -0.15) is 0 Å². The number of amides is 1. The zero-order valence-electron chi connectivity index (χ0n) is 12.6. The van der Waals surface area contributed by atoms with Gasteiger partial charge in [-0.1, -0.05) is 29.8 Å². The van der Waals surface area contributed by atoms with E-state index in [0.717, 1.165) is 5.56 Å². The van der Waals surface area contributed by atoms with Gasteiger partial charge >= 0.3 is 5.63 Å². The standard InChI is InChI=1S/C17H16ClNO4/c1-11-6-13(8-17(21)22-11)23-14-9-19(10-14)16(20)7-12-4-2-3-5-15(12)18/h2-6,8,14H,7,9-10H2,1H3. The number of hydrogen-bond acceptors (Lipinski definition) is 4. The van der Waals surface area contributed by atoms with E-state index in [1.807, 2.05) is 18.2 Å². The monoisotopic (exact) mass is 333 g/mol. The summed E-state index contributed by atoms with van der Waals surface area (Å²) in [5.41, 5.74) is 0.380. The minimum atomic E-state index is -0.439. The normalized spacial score (nSPS) is 14.4. The second-order valence-corrected chi connectivity index (χ2v) is 5.94. The molecule has 1 aromatic carbocycles. The summed E-state index contributed by atoms with van der Waals surface area (Å²) in [6, 6.07) is 10.3. The van der Waals surface area contributed by atoms with E-state index in [0.29, 0.717) is 29.6 Å². The molecule has 0 spiro atoms. The van der Waals surface area contributed by atoms with E-state index in [9.17, 15) is 9.59 Å². The molecule has 0 bridgehead atoms. The van der Waals surface area contributed by atoms with E-state index in [2.05, 4.69) is 0 Å². The molecule has 1 saturated heterocycles. The minimum absolute atomic E-state index is 0.0155. The van der Waals surface area contributed by atoms with Crippen LogP contribution in [0.3, 0.4) is 0 Å². The fourth-order valence-corrected chi connectivity index (χ4v) is 2.67. The Morgan fingerprint density at radius 3 is 2.78 bits per heavy atom. The molecule has 1 aliphatic heterocycles. The fraction of sp³-hybridized carbons (Fsp3) is 0.294. The highest BCUT2D eigenvalue weighted by atomic mass is 35.5. The lowest BCUT2D eigenvalue weighted by Gasteiger charge is -2.39. The summed E-state index contributed by atoms with van der Waals surface area (Å²) >= 11 is 6.07. The average molecular weight is 334 g/mol. The van der Waals surface area contributed by atoms with Crippen molar-refractivity contribution in [3.05, 3.63) is 63.2 Å². The van der Waals surface area contributed by atoms with Gasteiger partial charge in [-0.05, 0) is 18.6 Å². The van der Waals surface area contributed by atoms with E-state index in [4.69, 9.17) is 20.8 Å².